The van der Waals surface area contributed by atoms with Crippen molar-refractivity contribution in [2.24, 2.45) is 0 Å². The molecule has 0 aliphatic heterocycles. The van der Waals surface area contributed by atoms with Crippen LogP contribution in [-0.2, 0) is 16.1 Å². The summed E-state index contributed by atoms with van der Waals surface area (Å²) in [6.07, 6.45) is 4.88. The van der Waals surface area contributed by atoms with Gasteiger partial charge in [0, 0.05) is 24.5 Å². The third-order valence-electron chi connectivity index (χ3n) is 2.31. The number of hydrogen-bond donors (Lipinski definition) is 1. The van der Waals surface area contributed by atoms with Gasteiger partial charge in [0.25, 0.3) is 5.89 Å². The molecule has 0 unspecified atom stereocenters. The van der Waals surface area contributed by atoms with Crippen LogP contribution in [0.2, 0.25) is 0 Å². The molecule has 0 saturated heterocycles. The number of hydrogen-bond acceptors (Lipinski definition) is 6. The highest BCUT2D eigenvalue weighted by molar-refractivity contribution is 5.77. The molecule has 2 aromatic rings. The molecule has 1 amide bonds. The molecular weight excluding hydrogens is 260 g/mol. The predicted octanol–water partition coefficient (Wildman–Crippen LogP) is 0.950. The van der Waals surface area contributed by atoms with E-state index in [1.165, 1.54) is 0 Å². The molecule has 0 radical (unpaired) electrons. The standard InChI is InChI=1S/C13H14N4O3/c1-2-5-15-11(18)8-19-9-12-16-13(17-20-12)10-3-6-14-7-4-10/h2-4,6-7H,1,5,8-9H2,(H,15,18). The number of pyridine rings is 1. The average Bonchev–Trinajstić information content (AvgIpc) is 2.95. The lowest BCUT2D eigenvalue weighted by molar-refractivity contribution is -0.126. The minimum Gasteiger partial charge on any atom is -0.362 e. The lowest BCUT2D eigenvalue weighted by Crippen LogP contribution is -2.27. The fourth-order valence-corrected chi connectivity index (χ4v) is 1.40. The van der Waals surface area contributed by atoms with Crippen LogP contribution in [0.25, 0.3) is 11.4 Å². The maximum atomic E-state index is 11.3. The quantitative estimate of drug-likeness (QED) is 0.756. The molecule has 7 heteroatoms. The van der Waals surface area contributed by atoms with Crippen molar-refractivity contribution in [2.45, 2.75) is 6.61 Å². The van der Waals surface area contributed by atoms with E-state index in [-0.39, 0.29) is 19.1 Å². The Hall–Kier alpha value is -2.54. The van der Waals surface area contributed by atoms with Crippen LogP contribution in [0, 0.1) is 0 Å². The third-order valence-corrected chi connectivity index (χ3v) is 2.31. The first-order chi connectivity index (χ1) is 9.79. The Morgan fingerprint density at radius 2 is 2.25 bits per heavy atom. The zero-order valence-corrected chi connectivity index (χ0v) is 10.8. The number of nitrogens with one attached hydrogen (secondary N) is 1. The van der Waals surface area contributed by atoms with E-state index in [0.29, 0.717) is 18.3 Å². The number of aromatic nitrogens is 3. The van der Waals surface area contributed by atoms with Gasteiger partial charge in [-0.3, -0.25) is 9.78 Å². The molecule has 0 saturated carbocycles. The minimum atomic E-state index is -0.223. The van der Waals surface area contributed by atoms with Crippen molar-refractivity contribution in [3.63, 3.8) is 0 Å². The van der Waals surface area contributed by atoms with Crippen molar-refractivity contribution in [1.82, 2.24) is 20.4 Å². The first-order valence-corrected chi connectivity index (χ1v) is 5.98. The van der Waals surface area contributed by atoms with E-state index in [1.54, 1.807) is 30.6 Å². The highest BCUT2D eigenvalue weighted by Crippen LogP contribution is 2.14. The van der Waals surface area contributed by atoms with Gasteiger partial charge in [-0.15, -0.1) is 6.58 Å². The molecule has 20 heavy (non-hydrogen) atoms. The molecule has 2 heterocycles. The largest absolute Gasteiger partial charge is 0.362 e. The molecule has 7 nitrogen and oxygen atoms in total. The van der Waals surface area contributed by atoms with Crippen LogP contribution in [0.15, 0.2) is 41.7 Å². The highest BCUT2D eigenvalue weighted by atomic mass is 16.5. The van der Waals surface area contributed by atoms with Gasteiger partial charge >= 0.3 is 0 Å². The monoisotopic (exact) mass is 274 g/mol. The van der Waals surface area contributed by atoms with Crippen LogP contribution in [0.1, 0.15) is 5.89 Å². The maximum Gasteiger partial charge on any atom is 0.252 e. The normalized spacial score (nSPS) is 10.2. The number of carbonyl (C=O) groups is 1. The van der Waals surface area contributed by atoms with E-state index in [9.17, 15) is 4.79 Å². The summed E-state index contributed by atoms with van der Waals surface area (Å²) in [6.45, 7) is 3.92. The van der Waals surface area contributed by atoms with Gasteiger partial charge < -0.3 is 14.6 Å². The van der Waals surface area contributed by atoms with Gasteiger partial charge in [0.1, 0.15) is 13.2 Å². The Kier molecular flexibility index (Phi) is 4.96. The van der Waals surface area contributed by atoms with Gasteiger partial charge in [0.2, 0.25) is 11.7 Å². The lowest BCUT2D eigenvalue weighted by Gasteiger charge is -2.01. The van der Waals surface area contributed by atoms with Gasteiger partial charge in [0.15, 0.2) is 0 Å². The zero-order chi connectivity index (χ0) is 14.2. The van der Waals surface area contributed by atoms with Gasteiger partial charge in [-0.1, -0.05) is 11.2 Å². The van der Waals surface area contributed by atoms with Crippen LogP contribution in [-0.4, -0.2) is 34.2 Å². The van der Waals surface area contributed by atoms with Crippen molar-refractivity contribution >= 4 is 5.91 Å². The molecule has 0 bridgehead atoms. The zero-order valence-electron chi connectivity index (χ0n) is 10.8. The van der Waals surface area contributed by atoms with Crippen LogP contribution in [0.4, 0.5) is 0 Å². The fourth-order valence-electron chi connectivity index (χ4n) is 1.40. The summed E-state index contributed by atoms with van der Waals surface area (Å²) in [5.74, 6) is 0.550. The van der Waals surface area contributed by atoms with E-state index in [2.05, 4.69) is 27.0 Å². The van der Waals surface area contributed by atoms with Crippen LogP contribution in [0.5, 0.6) is 0 Å². The average molecular weight is 274 g/mol. The second kappa shape index (κ2) is 7.15. The van der Waals surface area contributed by atoms with Gasteiger partial charge in [0.05, 0.1) is 0 Å². The molecule has 0 spiro atoms. The van der Waals surface area contributed by atoms with Crippen molar-refractivity contribution < 1.29 is 14.1 Å². The number of rotatable bonds is 7. The number of ether oxygens (including phenoxy) is 1. The lowest BCUT2D eigenvalue weighted by atomic mass is 10.2. The first kappa shape index (κ1) is 13.9. The molecule has 0 fully saturated rings. The summed E-state index contributed by atoms with van der Waals surface area (Å²) in [5, 5.41) is 6.42. The second-order valence-electron chi connectivity index (χ2n) is 3.83. The van der Waals surface area contributed by atoms with E-state index < -0.39 is 0 Å². The molecule has 1 N–H and O–H groups in total. The Bertz CT molecular complexity index is 568. The molecule has 0 aliphatic rings. The van der Waals surface area contributed by atoms with Crippen LogP contribution >= 0.6 is 0 Å². The van der Waals surface area contributed by atoms with E-state index in [0.717, 1.165) is 5.56 Å². The van der Waals surface area contributed by atoms with Gasteiger partial charge in [-0.25, -0.2) is 0 Å². The Morgan fingerprint density at radius 1 is 1.45 bits per heavy atom. The summed E-state index contributed by atoms with van der Waals surface area (Å²) in [6, 6.07) is 3.55. The topological polar surface area (TPSA) is 90.1 Å². The Morgan fingerprint density at radius 3 is 3.00 bits per heavy atom. The molecule has 2 aromatic heterocycles. The SMILES string of the molecule is C=CCNC(=O)COCc1nc(-c2ccncc2)no1. The predicted molar refractivity (Wildman–Crippen MR) is 70.4 cm³/mol. The Labute approximate surface area is 115 Å². The first-order valence-electron chi connectivity index (χ1n) is 5.98. The van der Waals surface area contributed by atoms with Crippen molar-refractivity contribution in [3.8, 4) is 11.4 Å². The summed E-state index contributed by atoms with van der Waals surface area (Å²) >= 11 is 0. The Balaban J connectivity index is 1.82. The van der Waals surface area contributed by atoms with Crippen molar-refractivity contribution in [3.05, 3.63) is 43.1 Å². The molecule has 0 atom stereocenters. The second-order valence-corrected chi connectivity index (χ2v) is 3.83. The minimum absolute atomic E-state index is 0.0686. The fraction of sp³-hybridized carbons (Fsp3) is 0.231. The van der Waals surface area contributed by atoms with Gasteiger partial charge in [-0.2, -0.15) is 4.98 Å². The van der Waals surface area contributed by atoms with Gasteiger partial charge in [-0.05, 0) is 12.1 Å². The highest BCUT2D eigenvalue weighted by Gasteiger charge is 2.09. The third kappa shape index (κ3) is 3.99. The maximum absolute atomic E-state index is 11.3. The summed E-state index contributed by atoms with van der Waals surface area (Å²) in [5.41, 5.74) is 0.804. The molecule has 104 valence electrons. The molecule has 0 aromatic carbocycles. The molecule has 0 aliphatic carbocycles. The van der Waals surface area contributed by atoms with Crippen LogP contribution < -0.4 is 5.32 Å². The molecule has 2 rings (SSSR count). The van der Waals surface area contributed by atoms with Crippen LogP contribution in [0.3, 0.4) is 0 Å². The summed E-state index contributed by atoms with van der Waals surface area (Å²) in [4.78, 5) is 19.3. The smallest absolute Gasteiger partial charge is 0.252 e. The number of nitrogens with zero attached hydrogens (tertiary/aromatic N) is 3. The number of amides is 1. The van der Waals surface area contributed by atoms with Crippen molar-refractivity contribution in [1.29, 1.82) is 0 Å². The van der Waals surface area contributed by atoms with E-state index in [1.807, 2.05) is 0 Å². The summed E-state index contributed by atoms with van der Waals surface area (Å²) in [7, 11) is 0. The molecular formula is C13H14N4O3. The van der Waals surface area contributed by atoms with Crippen molar-refractivity contribution in [2.75, 3.05) is 13.2 Å². The number of carbonyl (C=O) groups excluding carboxylic acids is 1. The van der Waals surface area contributed by atoms with E-state index >= 15 is 0 Å². The summed E-state index contributed by atoms with van der Waals surface area (Å²) < 4.78 is 10.2. The van der Waals surface area contributed by atoms with E-state index in [4.69, 9.17) is 9.26 Å².